The Morgan fingerprint density at radius 3 is 1.68 bits per heavy atom. The molecular formula is C45H77N3O34. The number of aliphatic hydroxyl groups excluding tert-OH is 19. The topological polar surface area (TPSA) is 601 Å². The zero-order valence-corrected chi connectivity index (χ0v) is 44.1. The number of rotatable bonds is 26. The Morgan fingerprint density at radius 1 is 0.585 bits per heavy atom. The van der Waals surface area contributed by atoms with E-state index in [1.165, 1.54) is 6.92 Å². The SMILES string of the molecule is CC(=O)N[C@H]1[C@H](O[C@H]2[C@@H](O)[C@@H](CO)O[C@@H](O[C@@H]3[C@H](O)[C@@H](O)[C@H](O[C@@H]([C@@H](O)[C@H](O)CO[C@]4(C(=O)O)C[C@H](O)[C@@H](NC(=O)CO)[C@H]([C@H](O)[C@H](O)CO)O4)[C@H](CO)NC(C)=O)O[C@@H]3CO)[C@@H]2O)O[C@H](CO)[C@H](O)[C@@H]1O[C@@H]1O[C@@H](C)[C@@H](O)[C@@H](O)[C@@H]1O. The van der Waals surface area contributed by atoms with Gasteiger partial charge in [0, 0.05) is 20.3 Å². The summed E-state index contributed by atoms with van der Waals surface area (Å²) >= 11 is 0. The first kappa shape index (κ1) is 69.5. The van der Waals surface area contributed by atoms with E-state index in [0.717, 1.165) is 13.8 Å². The highest BCUT2D eigenvalue weighted by Gasteiger charge is 2.59. The average molecular weight is 1200 g/mol. The van der Waals surface area contributed by atoms with Crippen LogP contribution in [0.15, 0.2) is 0 Å². The van der Waals surface area contributed by atoms with Crippen molar-refractivity contribution in [3.8, 4) is 0 Å². The lowest BCUT2D eigenvalue weighted by atomic mass is 9.88. The highest BCUT2D eigenvalue weighted by molar-refractivity contribution is 5.78. The second-order valence-electron chi connectivity index (χ2n) is 20.2. The lowest BCUT2D eigenvalue weighted by Crippen LogP contribution is -2.70. The number of aliphatic hydroxyl groups is 19. The van der Waals surface area contributed by atoms with Gasteiger partial charge in [-0.1, -0.05) is 0 Å². The average Bonchev–Trinajstić information content (AvgIpc) is 3.63. The molecule has 5 saturated heterocycles. The Hall–Kier alpha value is -3.28. The number of aliphatic carboxylic acids is 1. The minimum absolute atomic E-state index is 0.837. The van der Waals surface area contributed by atoms with E-state index in [-0.39, 0.29) is 0 Å². The molecule has 82 heavy (non-hydrogen) atoms. The van der Waals surface area contributed by atoms with Gasteiger partial charge in [-0.3, -0.25) is 14.4 Å². The molecule has 0 radical (unpaired) electrons. The molecule has 0 spiro atoms. The summed E-state index contributed by atoms with van der Waals surface area (Å²) in [4.78, 5) is 49.7. The fourth-order valence-electron chi connectivity index (χ4n) is 9.86. The van der Waals surface area contributed by atoms with E-state index in [4.69, 9.17) is 47.4 Å². The van der Waals surface area contributed by atoms with Crippen molar-refractivity contribution in [3.05, 3.63) is 0 Å². The van der Waals surface area contributed by atoms with Crippen LogP contribution in [-0.2, 0) is 66.5 Å². The maximum atomic E-state index is 12.7. The Bertz CT molecular complexity index is 2040. The number of hydrogen-bond donors (Lipinski definition) is 23. The third-order valence-electron chi connectivity index (χ3n) is 14.3. The van der Waals surface area contributed by atoms with Crippen molar-refractivity contribution >= 4 is 23.7 Å². The standard InChI is InChI=1S/C45H77N3O34/c1-12-25(61)30(66)32(68)41(74-12)80-37-24(47-14(3)56)40(75-19(7-51)28(37)64)81-39-29(65)20(8-52)76-43(34(39)70)79-36-21(9-53)77-42(33(69)31(36)67)78-35(15(5-49)46-13(2)55)27(63)18(59)11-73-45(44(71)72)4-16(57)23(48-22(60)10-54)38(82-45)26(62)17(58)6-50/h12,15-21,23-43,49-54,57-59,61-70H,4-11H2,1-3H3,(H,46,55)(H,47,56)(H,48,60)(H,71,72)/t12-,15-,16-,17+,18+,19+,20+,21+,23+,24+,25+,26+,27-,28-,29-,30+,31+,32-,33+,34+,35+,36-,37+,38+,39-,40-,41-,42-,43-,45+/m0/s1. The predicted octanol–water partition coefficient (Wildman–Crippen LogP) is -14.8. The molecule has 5 heterocycles. The third kappa shape index (κ3) is 15.8. The van der Waals surface area contributed by atoms with Gasteiger partial charge in [0.15, 0.2) is 25.2 Å². The maximum Gasteiger partial charge on any atom is 0.364 e. The Balaban J connectivity index is 1.36. The molecule has 3 amide bonds. The second kappa shape index (κ2) is 30.4. The predicted molar refractivity (Wildman–Crippen MR) is 253 cm³/mol. The molecule has 37 heteroatoms. The summed E-state index contributed by atoms with van der Waals surface area (Å²) in [6.45, 7) is -4.79. The van der Waals surface area contributed by atoms with Gasteiger partial charge in [-0.2, -0.15) is 0 Å². The molecule has 476 valence electrons. The lowest BCUT2D eigenvalue weighted by molar-refractivity contribution is -0.383. The molecule has 0 bridgehead atoms. The fraction of sp³-hybridized carbons (Fsp3) is 0.911. The van der Waals surface area contributed by atoms with E-state index in [1.54, 1.807) is 0 Å². The number of ether oxygens (including phenoxy) is 10. The van der Waals surface area contributed by atoms with Crippen molar-refractivity contribution in [1.82, 2.24) is 16.0 Å². The van der Waals surface area contributed by atoms with Crippen molar-refractivity contribution in [1.29, 1.82) is 0 Å². The first-order chi connectivity index (χ1) is 38.5. The molecule has 5 aliphatic rings. The van der Waals surface area contributed by atoms with Gasteiger partial charge in [0.25, 0.3) is 5.79 Å². The van der Waals surface area contributed by atoms with E-state index in [0.29, 0.717) is 0 Å². The van der Waals surface area contributed by atoms with Crippen LogP contribution in [0.3, 0.4) is 0 Å². The van der Waals surface area contributed by atoms with Crippen molar-refractivity contribution < 1.29 is 169 Å². The maximum absolute atomic E-state index is 12.7. The minimum Gasteiger partial charge on any atom is -0.477 e. The summed E-state index contributed by atoms with van der Waals surface area (Å²) in [5.41, 5.74) is 0. The number of carbonyl (C=O) groups is 4. The summed E-state index contributed by atoms with van der Waals surface area (Å²) in [5.74, 6) is -8.09. The van der Waals surface area contributed by atoms with E-state index in [9.17, 15) is 121 Å². The summed E-state index contributed by atoms with van der Waals surface area (Å²) in [6, 6.07) is -5.28. The molecule has 5 aliphatic heterocycles. The molecular weight excluding hydrogens is 1130 g/mol. The van der Waals surface area contributed by atoms with E-state index in [1.807, 2.05) is 0 Å². The molecule has 5 fully saturated rings. The van der Waals surface area contributed by atoms with Gasteiger partial charge < -0.3 is 165 Å². The Kier molecular flexibility index (Phi) is 25.7. The number of hydrogen-bond acceptors (Lipinski definition) is 33. The van der Waals surface area contributed by atoms with Crippen molar-refractivity contribution in [3.63, 3.8) is 0 Å². The van der Waals surface area contributed by atoms with Gasteiger partial charge in [-0.05, 0) is 6.92 Å². The van der Waals surface area contributed by atoms with Crippen LogP contribution in [0, 0.1) is 0 Å². The van der Waals surface area contributed by atoms with Crippen LogP contribution in [0.2, 0.25) is 0 Å². The highest BCUT2D eigenvalue weighted by atomic mass is 16.8. The van der Waals surface area contributed by atoms with Crippen molar-refractivity contribution in [2.24, 2.45) is 0 Å². The third-order valence-corrected chi connectivity index (χ3v) is 14.3. The molecule has 23 N–H and O–H groups in total. The quantitative estimate of drug-likeness (QED) is 0.0382. The molecule has 0 aromatic rings. The van der Waals surface area contributed by atoms with Crippen LogP contribution < -0.4 is 16.0 Å². The minimum atomic E-state index is -3.12. The molecule has 30 atom stereocenters. The summed E-state index contributed by atoms with van der Waals surface area (Å²) < 4.78 is 56.7. The van der Waals surface area contributed by atoms with E-state index in [2.05, 4.69) is 16.0 Å². The molecule has 37 nitrogen and oxygen atoms in total. The van der Waals surface area contributed by atoms with Crippen LogP contribution >= 0.6 is 0 Å². The monoisotopic (exact) mass is 1200 g/mol. The number of nitrogens with one attached hydrogen (secondary N) is 3. The molecule has 0 unspecified atom stereocenters. The normalized spacial score (nSPS) is 42.2. The van der Waals surface area contributed by atoms with E-state index < -0.39 is 260 Å². The van der Waals surface area contributed by atoms with Crippen LogP contribution in [0.1, 0.15) is 27.2 Å². The fourth-order valence-corrected chi connectivity index (χ4v) is 9.86. The van der Waals surface area contributed by atoms with Gasteiger partial charge in [0.2, 0.25) is 17.7 Å². The van der Waals surface area contributed by atoms with Gasteiger partial charge in [0.05, 0.1) is 63.9 Å². The van der Waals surface area contributed by atoms with Crippen LogP contribution in [0.5, 0.6) is 0 Å². The molecule has 0 aromatic heterocycles. The van der Waals surface area contributed by atoms with Gasteiger partial charge >= 0.3 is 5.97 Å². The number of carboxylic acid groups (broad SMARTS) is 1. The second-order valence-corrected chi connectivity index (χ2v) is 20.2. The van der Waals surface area contributed by atoms with Gasteiger partial charge in [0.1, 0.15) is 135 Å². The Morgan fingerprint density at radius 2 is 1.13 bits per heavy atom. The molecule has 0 saturated carbocycles. The number of amides is 3. The molecule has 0 aliphatic carbocycles. The van der Waals surface area contributed by atoms with Crippen LogP contribution in [0.4, 0.5) is 0 Å². The number of carbonyl (C=O) groups excluding carboxylic acids is 3. The zero-order valence-electron chi connectivity index (χ0n) is 44.1. The van der Waals surface area contributed by atoms with Gasteiger partial charge in [-0.15, -0.1) is 0 Å². The lowest BCUT2D eigenvalue weighted by Gasteiger charge is -2.50. The largest absolute Gasteiger partial charge is 0.477 e. The summed E-state index contributed by atoms with van der Waals surface area (Å²) in [5, 5.41) is 221. The van der Waals surface area contributed by atoms with Crippen LogP contribution in [0.25, 0.3) is 0 Å². The molecule has 5 rings (SSSR count). The van der Waals surface area contributed by atoms with Crippen molar-refractivity contribution in [2.45, 2.75) is 211 Å². The van der Waals surface area contributed by atoms with Gasteiger partial charge in [-0.25, -0.2) is 4.79 Å². The summed E-state index contributed by atoms with van der Waals surface area (Å²) in [6.07, 6.45) is -53.7. The zero-order chi connectivity index (χ0) is 61.4. The van der Waals surface area contributed by atoms with E-state index >= 15 is 0 Å². The Labute approximate surface area is 464 Å². The van der Waals surface area contributed by atoms with Crippen LogP contribution in [-0.4, -0.2) is 355 Å². The first-order valence-corrected chi connectivity index (χ1v) is 25.7. The summed E-state index contributed by atoms with van der Waals surface area (Å²) in [7, 11) is 0. The van der Waals surface area contributed by atoms with Crippen molar-refractivity contribution in [2.75, 3.05) is 46.2 Å². The highest BCUT2D eigenvalue weighted by Crippen LogP contribution is 2.37. The first-order valence-electron chi connectivity index (χ1n) is 25.7. The smallest absolute Gasteiger partial charge is 0.364 e. The number of carboxylic acids is 1. The molecule has 0 aromatic carbocycles.